The average Bonchev–Trinajstić information content (AvgIpc) is 3.38. The summed E-state index contributed by atoms with van der Waals surface area (Å²) in [5.74, 6) is 0.891. The Balaban J connectivity index is 1.07. The average molecular weight is 691 g/mol. The first-order chi connectivity index (χ1) is 22.0. The van der Waals surface area contributed by atoms with E-state index in [0.717, 1.165) is 90.1 Å². The fourth-order valence-electron chi connectivity index (χ4n) is 6.67. The molecule has 0 atom stereocenters. The summed E-state index contributed by atoms with van der Waals surface area (Å²) in [4.78, 5) is 31.6. The van der Waals surface area contributed by atoms with E-state index >= 15 is 0 Å². The minimum Gasteiger partial charge on any atom is -0.462 e. The van der Waals surface area contributed by atoms with Gasteiger partial charge in [0.25, 0.3) is 0 Å². The van der Waals surface area contributed by atoms with E-state index in [1.165, 1.54) is 5.69 Å². The molecule has 244 valence electrons. The predicted molar refractivity (Wildman–Crippen MR) is 181 cm³/mol. The van der Waals surface area contributed by atoms with E-state index in [1.807, 2.05) is 52.1 Å². The number of halogens is 1. The molecule has 0 N–H and O–H groups in total. The lowest BCUT2D eigenvalue weighted by Gasteiger charge is -2.37. The number of piperidine rings is 1. The Labute approximate surface area is 280 Å². The molecule has 3 aliphatic heterocycles. The van der Waals surface area contributed by atoms with Crippen molar-refractivity contribution in [2.24, 2.45) is 0 Å². The highest BCUT2D eigenvalue weighted by atomic mass is 79.9. The molecular weight excluding hydrogens is 646 g/mol. The summed E-state index contributed by atoms with van der Waals surface area (Å²) in [6.45, 7) is 12.7. The Hall–Kier alpha value is -3.63. The van der Waals surface area contributed by atoms with Crippen molar-refractivity contribution >= 4 is 27.8 Å². The Kier molecular flexibility index (Phi) is 9.57. The van der Waals surface area contributed by atoms with Crippen molar-refractivity contribution in [1.82, 2.24) is 24.5 Å². The SMILES string of the molecule is CC1=CC(=O)CC(C2=CN(C3CCN(CCCn4nc(-c5ccc(Br)cc5)c5c4CCN(C(=O)OC(C)(C)C)C5)CC3)C=CO2)=C1. The second-order valence-electron chi connectivity index (χ2n) is 13.6. The van der Waals surface area contributed by atoms with Crippen molar-refractivity contribution in [1.29, 1.82) is 0 Å². The zero-order valence-electron chi connectivity index (χ0n) is 27.3. The van der Waals surface area contributed by atoms with Gasteiger partial charge in [0, 0.05) is 84.3 Å². The van der Waals surface area contributed by atoms with Gasteiger partial charge < -0.3 is 24.2 Å². The number of amides is 1. The van der Waals surface area contributed by atoms with Crippen molar-refractivity contribution < 1.29 is 19.1 Å². The molecule has 1 aromatic heterocycles. The number of ketones is 1. The Morgan fingerprint density at radius 1 is 1.09 bits per heavy atom. The molecule has 0 bridgehead atoms. The van der Waals surface area contributed by atoms with Crippen LogP contribution in [0.25, 0.3) is 11.3 Å². The van der Waals surface area contributed by atoms with Crippen LogP contribution in [0, 0.1) is 0 Å². The van der Waals surface area contributed by atoms with Crippen LogP contribution in [0.1, 0.15) is 64.6 Å². The summed E-state index contributed by atoms with van der Waals surface area (Å²) in [6, 6.07) is 8.64. The highest BCUT2D eigenvalue weighted by Crippen LogP contribution is 2.32. The Morgan fingerprint density at radius 3 is 2.57 bits per heavy atom. The van der Waals surface area contributed by atoms with Gasteiger partial charge in [0.2, 0.25) is 0 Å². The molecule has 0 radical (unpaired) electrons. The monoisotopic (exact) mass is 689 g/mol. The number of rotatable bonds is 7. The molecule has 9 nitrogen and oxygen atoms in total. The molecule has 1 aromatic carbocycles. The summed E-state index contributed by atoms with van der Waals surface area (Å²) in [6.07, 6.45) is 13.5. The molecule has 2 aromatic rings. The number of hydrogen-bond donors (Lipinski definition) is 0. The van der Waals surface area contributed by atoms with E-state index in [9.17, 15) is 9.59 Å². The van der Waals surface area contributed by atoms with Gasteiger partial charge in [-0.1, -0.05) is 34.1 Å². The molecule has 4 aliphatic rings. The molecule has 1 saturated heterocycles. The predicted octanol–water partition coefficient (Wildman–Crippen LogP) is 6.95. The van der Waals surface area contributed by atoms with Gasteiger partial charge in [0.05, 0.1) is 12.2 Å². The quantitative estimate of drug-likeness (QED) is 0.311. The van der Waals surface area contributed by atoms with Gasteiger partial charge in [-0.05, 0) is 77.3 Å². The van der Waals surface area contributed by atoms with Crippen molar-refractivity contribution in [3.05, 3.63) is 87.7 Å². The number of carbonyl (C=O) groups is 2. The maximum absolute atomic E-state index is 12.9. The number of fused-ring (bicyclic) bond motifs is 1. The fourth-order valence-corrected chi connectivity index (χ4v) is 6.93. The highest BCUT2D eigenvalue weighted by Gasteiger charge is 2.31. The first kappa shape index (κ1) is 32.3. The number of likely N-dealkylation sites (tertiary alicyclic amines) is 1. The molecule has 4 heterocycles. The maximum atomic E-state index is 12.9. The summed E-state index contributed by atoms with van der Waals surface area (Å²) < 4.78 is 14.7. The molecule has 0 unspecified atom stereocenters. The minimum absolute atomic E-state index is 0.122. The lowest BCUT2D eigenvalue weighted by Crippen LogP contribution is -2.42. The van der Waals surface area contributed by atoms with Gasteiger partial charge in [0.1, 0.15) is 17.6 Å². The minimum atomic E-state index is -0.533. The molecule has 10 heteroatoms. The standard InChI is InChI=1S/C36H44BrN5O4/c1-25-20-27(22-30(43)21-25)33-24-40(18-19-45-33)29-10-15-39(16-11-29)13-5-14-42-32-12-17-41(35(44)46-36(2,3)4)23-31(32)34(38-42)26-6-8-28(37)9-7-26/h6-9,18-21,24,29H,5,10-17,22-23H2,1-4H3. The number of carbonyl (C=O) groups excluding carboxylic acids is 2. The molecule has 46 heavy (non-hydrogen) atoms. The van der Waals surface area contributed by atoms with Crippen molar-refractivity contribution in [3.8, 4) is 11.3 Å². The molecule has 6 rings (SSSR count). The van der Waals surface area contributed by atoms with Crippen molar-refractivity contribution in [2.75, 3.05) is 26.2 Å². The summed E-state index contributed by atoms with van der Waals surface area (Å²) in [5, 5.41) is 5.11. The van der Waals surface area contributed by atoms with Crippen LogP contribution in [-0.4, -0.2) is 74.2 Å². The normalized spacial score (nSPS) is 19.3. The molecule has 1 fully saturated rings. The molecule has 0 spiro atoms. The maximum Gasteiger partial charge on any atom is 0.410 e. The number of aryl methyl sites for hydroxylation is 1. The number of allylic oxidation sites excluding steroid dienone is 4. The van der Waals surface area contributed by atoms with Gasteiger partial charge in [0.15, 0.2) is 5.78 Å². The highest BCUT2D eigenvalue weighted by molar-refractivity contribution is 9.10. The fraction of sp³-hybridized carbons (Fsp3) is 0.472. The Bertz CT molecular complexity index is 1590. The summed E-state index contributed by atoms with van der Waals surface area (Å²) >= 11 is 3.55. The van der Waals surface area contributed by atoms with Crippen LogP contribution >= 0.6 is 15.9 Å². The van der Waals surface area contributed by atoms with Gasteiger partial charge in [-0.25, -0.2) is 4.79 Å². The van der Waals surface area contributed by atoms with E-state index in [-0.39, 0.29) is 11.9 Å². The second-order valence-corrected chi connectivity index (χ2v) is 14.5. The van der Waals surface area contributed by atoms with Crippen molar-refractivity contribution in [3.63, 3.8) is 0 Å². The molecule has 1 aliphatic carbocycles. The third kappa shape index (κ3) is 7.66. The number of nitrogens with zero attached hydrogens (tertiary/aromatic N) is 5. The number of aromatic nitrogens is 2. The second kappa shape index (κ2) is 13.6. The first-order valence-corrected chi connectivity index (χ1v) is 17.1. The van der Waals surface area contributed by atoms with E-state index in [4.69, 9.17) is 14.6 Å². The van der Waals surface area contributed by atoms with Gasteiger partial charge in [-0.3, -0.25) is 9.48 Å². The largest absolute Gasteiger partial charge is 0.462 e. The zero-order chi connectivity index (χ0) is 32.4. The van der Waals surface area contributed by atoms with Crippen LogP contribution in [0.5, 0.6) is 0 Å². The Morgan fingerprint density at radius 2 is 1.85 bits per heavy atom. The van der Waals surface area contributed by atoms with Crippen LogP contribution in [0.4, 0.5) is 4.79 Å². The third-order valence-corrected chi connectivity index (χ3v) is 9.42. The lowest BCUT2D eigenvalue weighted by molar-refractivity contribution is -0.114. The lowest BCUT2D eigenvalue weighted by atomic mass is 9.97. The van der Waals surface area contributed by atoms with Crippen LogP contribution < -0.4 is 0 Å². The smallest absolute Gasteiger partial charge is 0.410 e. The summed E-state index contributed by atoms with van der Waals surface area (Å²) in [5.41, 5.74) is 5.71. The molecular formula is C36H44BrN5O4. The number of hydrogen-bond acceptors (Lipinski definition) is 7. The van der Waals surface area contributed by atoms with E-state index in [1.54, 1.807) is 17.2 Å². The third-order valence-electron chi connectivity index (χ3n) is 8.89. The molecule has 0 saturated carbocycles. The van der Waals surface area contributed by atoms with E-state index in [2.05, 4.69) is 48.7 Å². The zero-order valence-corrected chi connectivity index (χ0v) is 28.9. The molecule has 1 amide bonds. The van der Waals surface area contributed by atoms with Gasteiger partial charge in [-0.15, -0.1) is 0 Å². The van der Waals surface area contributed by atoms with Crippen LogP contribution in [0.15, 0.2) is 76.5 Å². The van der Waals surface area contributed by atoms with E-state index < -0.39 is 5.60 Å². The van der Waals surface area contributed by atoms with Crippen molar-refractivity contribution in [2.45, 2.75) is 84.5 Å². The number of ether oxygens (including phenoxy) is 2. The van der Waals surface area contributed by atoms with E-state index in [0.29, 0.717) is 25.6 Å². The first-order valence-electron chi connectivity index (χ1n) is 16.3. The summed E-state index contributed by atoms with van der Waals surface area (Å²) in [7, 11) is 0. The van der Waals surface area contributed by atoms with Crippen LogP contribution in [-0.2, 0) is 33.8 Å². The topological polar surface area (TPSA) is 80.1 Å². The van der Waals surface area contributed by atoms with Gasteiger partial charge in [-0.2, -0.15) is 5.10 Å². The van der Waals surface area contributed by atoms with Crippen LogP contribution in [0.2, 0.25) is 0 Å². The number of benzene rings is 1. The van der Waals surface area contributed by atoms with Gasteiger partial charge >= 0.3 is 6.09 Å². The van der Waals surface area contributed by atoms with Crippen LogP contribution in [0.3, 0.4) is 0 Å².